The maximum atomic E-state index is 14.2. The molecule has 1 N–H and O–H groups in total. The molecule has 0 aliphatic heterocycles. The SMILES string of the molecule is CCCNC(Cc1nccn1C)c1c(F)cccc1Br. The minimum atomic E-state index is -0.192. The van der Waals surface area contributed by atoms with Crippen molar-refractivity contribution in [2.24, 2.45) is 7.05 Å². The minimum Gasteiger partial charge on any atom is -0.338 e. The van der Waals surface area contributed by atoms with Gasteiger partial charge in [-0.25, -0.2) is 9.37 Å². The van der Waals surface area contributed by atoms with Gasteiger partial charge in [-0.15, -0.1) is 0 Å². The summed E-state index contributed by atoms with van der Waals surface area (Å²) in [7, 11) is 1.95. The molecule has 0 saturated carbocycles. The molecule has 0 saturated heterocycles. The molecule has 20 heavy (non-hydrogen) atoms. The second kappa shape index (κ2) is 6.99. The van der Waals surface area contributed by atoms with E-state index in [2.05, 4.69) is 33.2 Å². The summed E-state index contributed by atoms with van der Waals surface area (Å²) in [5.41, 5.74) is 0.670. The van der Waals surface area contributed by atoms with Gasteiger partial charge in [0.15, 0.2) is 0 Å². The third-order valence-corrected chi connectivity index (χ3v) is 3.99. The van der Waals surface area contributed by atoms with Crippen molar-refractivity contribution in [1.82, 2.24) is 14.9 Å². The third kappa shape index (κ3) is 3.46. The lowest BCUT2D eigenvalue weighted by Crippen LogP contribution is -2.26. The van der Waals surface area contributed by atoms with Crippen molar-refractivity contribution in [2.45, 2.75) is 25.8 Å². The van der Waals surface area contributed by atoms with Crippen LogP contribution in [0.4, 0.5) is 4.39 Å². The zero-order valence-corrected chi connectivity index (χ0v) is 13.3. The summed E-state index contributed by atoms with van der Waals surface area (Å²) in [6.45, 7) is 2.94. The zero-order valence-electron chi connectivity index (χ0n) is 11.7. The van der Waals surface area contributed by atoms with Gasteiger partial charge in [-0.05, 0) is 25.1 Å². The standard InChI is InChI=1S/C15H19BrFN3/c1-3-7-18-13(10-14-19-8-9-20(14)2)15-11(16)5-4-6-12(15)17/h4-6,8-9,13,18H,3,7,10H2,1-2H3. The van der Waals surface area contributed by atoms with E-state index in [9.17, 15) is 4.39 Å². The van der Waals surface area contributed by atoms with Crippen molar-refractivity contribution < 1.29 is 4.39 Å². The van der Waals surface area contributed by atoms with Crippen LogP contribution in [0, 0.1) is 5.82 Å². The van der Waals surface area contributed by atoms with Crippen molar-refractivity contribution in [3.63, 3.8) is 0 Å². The molecule has 0 aliphatic carbocycles. The van der Waals surface area contributed by atoms with E-state index in [1.807, 2.05) is 23.9 Å². The van der Waals surface area contributed by atoms with E-state index in [-0.39, 0.29) is 11.9 Å². The number of hydrogen-bond donors (Lipinski definition) is 1. The van der Waals surface area contributed by atoms with Crippen LogP contribution in [-0.4, -0.2) is 16.1 Å². The zero-order chi connectivity index (χ0) is 14.5. The second-order valence-corrected chi connectivity index (χ2v) is 5.65. The number of imidazole rings is 1. The predicted molar refractivity (Wildman–Crippen MR) is 82.0 cm³/mol. The normalized spacial score (nSPS) is 12.6. The molecule has 2 rings (SSSR count). The molecule has 0 aliphatic rings. The van der Waals surface area contributed by atoms with Gasteiger partial charge in [-0.3, -0.25) is 0 Å². The number of nitrogens with one attached hydrogen (secondary N) is 1. The Bertz CT molecular complexity index is 548. The van der Waals surface area contributed by atoms with Crippen LogP contribution >= 0.6 is 15.9 Å². The van der Waals surface area contributed by atoms with Crippen LogP contribution in [0.3, 0.4) is 0 Å². The van der Waals surface area contributed by atoms with E-state index in [1.165, 1.54) is 6.07 Å². The summed E-state index contributed by atoms with van der Waals surface area (Å²) < 4.78 is 16.9. The Kier molecular flexibility index (Phi) is 5.31. The topological polar surface area (TPSA) is 29.9 Å². The average molecular weight is 340 g/mol. The molecule has 0 bridgehead atoms. The number of nitrogens with zero attached hydrogens (tertiary/aromatic N) is 2. The van der Waals surface area contributed by atoms with E-state index in [4.69, 9.17) is 0 Å². The first-order chi connectivity index (χ1) is 9.63. The Hall–Kier alpha value is -1.20. The van der Waals surface area contributed by atoms with Crippen LogP contribution in [-0.2, 0) is 13.5 Å². The molecule has 0 fully saturated rings. The van der Waals surface area contributed by atoms with Crippen molar-refractivity contribution in [2.75, 3.05) is 6.54 Å². The van der Waals surface area contributed by atoms with Gasteiger partial charge in [-0.1, -0.05) is 28.9 Å². The number of aryl methyl sites for hydroxylation is 1. The number of benzene rings is 1. The minimum absolute atomic E-state index is 0.0911. The molecule has 1 unspecified atom stereocenters. The van der Waals surface area contributed by atoms with Gasteiger partial charge in [0.25, 0.3) is 0 Å². The fourth-order valence-corrected chi connectivity index (χ4v) is 2.83. The van der Waals surface area contributed by atoms with Crippen LogP contribution in [0.15, 0.2) is 35.1 Å². The molecule has 3 nitrogen and oxygen atoms in total. The highest BCUT2D eigenvalue weighted by Gasteiger charge is 2.20. The molecular formula is C15H19BrFN3. The van der Waals surface area contributed by atoms with Gasteiger partial charge in [0.1, 0.15) is 11.6 Å². The fraction of sp³-hybridized carbons (Fsp3) is 0.400. The van der Waals surface area contributed by atoms with Gasteiger partial charge in [0.05, 0.1) is 0 Å². The van der Waals surface area contributed by atoms with Crippen molar-refractivity contribution in [3.8, 4) is 0 Å². The number of rotatable bonds is 6. The molecule has 0 radical (unpaired) electrons. The van der Waals surface area contributed by atoms with E-state index in [0.717, 1.165) is 23.3 Å². The molecule has 1 aromatic carbocycles. The van der Waals surface area contributed by atoms with E-state index < -0.39 is 0 Å². The van der Waals surface area contributed by atoms with Crippen molar-refractivity contribution >= 4 is 15.9 Å². The van der Waals surface area contributed by atoms with Crippen LogP contribution in [0.1, 0.15) is 30.8 Å². The Morgan fingerprint density at radius 2 is 2.25 bits per heavy atom. The maximum Gasteiger partial charge on any atom is 0.129 e. The summed E-state index contributed by atoms with van der Waals surface area (Å²) in [6, 6.07) is 4.99. The van der Waals surface area contributed by atoms with Crippen LogP contribution in [0.2, 0.25) is 0 Å². The van der Waals surface area contributed by atoms with Gasteiger partial charge in [-0.2, -0.15) is 0 Å². The third-order valence-electron chi connectivity index (χ3n) is 3.30. The summed E-state index contributed by atoms with van der Waals surface area (Å²) in [5, 5.41) is 3.41. The molecule has 5 heteroatoms. The first kappa shape index (κ1) is 15.2. The molecule has 1 atom stereocenters. The highest BCUT2D eigenvalue weighted by atomic mass is 79.9. The largest absolute Gasteiger partial charge is 0.338 e. The predicted octanol–water partition coefficient (Wildman–Crippen LogP) is 3.61. The lowest BCUT2D eigenvalue weighted by Gasteiger charge is -2.20. The Morgan fingerprint density at radius 3 is 2.85 bits per heavy atom. The highest BCUT2D eigenvalue weighted by Crippen LogP contribution is 2.28. The van der Waals surface area contributed by atoms with Crippen LogP contribution in [0.25, 0.3) is 0 Å². The number of aromatic nitrogens is 2. The Balaban J connectivity index is 2.30. The lowest BCUT2D eigenvalue weighted by molar-refractivity contribution is 0.482. The fourth-order valence-electron chi connectivity index (χ4n) is 2.21. The lowest BCUT2D eigenvalue weighted by atomic mass is 10.0. The van der Waals surface area contributed by atoms with Crippen molar-refractivity contribution in [1.29, 1.82) is 0 Å². The first-order valence-corrected chi connectivity index (χ1v) is 7.56. The van der Waals surface area contributed by atoms with Crippen molar-refractivity contribution in [3.05, 3.63) is 52.3 Å². The molecule has 2 aromatic rings. The van der Waals surface area contributed by atoms with Crippen LogP contribution < -0.4 is 5.32 Å². The maximum absolute atomic E-state index is 14.2. The Labute approximate surface area is 127 Å². The summed E-state index contributed by atoms with van der Waals surface area (Å²) in [4.78, 5) is 4.33. The van der Waals surface area contributed by atoms with Crippen LogP contribution in [0.5, 0.6) is 0 Å². The summed E-state index contributed by atoms with van der Waals surface area (Å²) >= 11 is 3.46. The van der Waals surface area contributed by atoms with Gasteiger partial charge >= 0.3 is 0 Å². The monoisotopic (exact) mass is 339 g/mol. The summed E-state index contributed by atoms with van der Waals surface area (Å²) in [5.74, 6) is 0.746. The molecule has 0 spiro atoms. The van der Waals surface area contributed by atoms with E-state index in [0.29, 0.717) is 12.0 Å². The number of hydrogen-bond acceptors (Lipinski definition) is 2. The number of halogens is 2. The van der Waals surface area contributed by atoms with E-state index >= 15 is 0 Å². The highest BCUT2D eigenvalue weighted by molar-refractivity contribution is 9.10. The van der Waals surface area contributed by atoms with Gasteiger partial charge in [0, 0.05) is 41.9 Å². The van der Waals surface area contributed by atoms with Gasteiger partial charge in [0.2, 0.25) is 0 Å². The second-order valence-electron chi connectivity index (χ2n) is 4.80. The molecule has 1 aromatic heterocycles. The van der Waals surface area contributed by atoms with Gasteiger partial charge < -0.3 is 9.88 Å². The smallest absolute Gasteiger partial charge is 0.129 e. The Morgan fingerprint density at radius 1 is 1.45 bits per heavy atom. The van der Waals surface area contributed by atoms with E-state index in [1.54, 1.807) is 12.3 Å². The molecule has 108 valence electrons. The molecule has 1 heterocycles. The molecule has 0 amide bonds. The quantitative estimate of drug-likeness (QED) is 0.871. The average Bonchev–Trinajstić information content (AvgIpc) is 2.81. The molecular weight excluding hydrogens is 321 g/mol. The first-order valence-electron chi connectivity index (χ1n) is 6.77. The summed E-state index contributed by atoms with van der Waals surface area (Å²) in [6.07, 6.45) is 5.33.